The second-order valence-electron chi connectivity index (χ2n) is 8.07. The summed E-state index contributed by atoms with van der Waals surface area (Å²) in [6.45, 7) is 6.28. The topological polar surface area (TPSA) is 161 Å². The molecule has 0 bridgehead atoms. The maximum atomic E-state index is 12.9. The molecule has 2 saturated heterocycles. The summed E-state index contributed by atoms with van der Waals surface area (Å²) in [6.07, 6.45) is -1.71. The van der Waals surface area contributed by atoms with Crippen LogP contribution in [0.25, 0.3) is 0 Å². The van der Waals surface area contributed by atoms with Gasteiger partial charge in [0.15, 0.2) is 6.23 Å². The van der Waals surface area contributed by atoms with Gasteiger partial charge in [0.2, 0.25) is 0 Å². The molecule has 2 unspecified atom stereocenters. The molecule has 3 rings (SSSR count). The number of fused-ring (bicyclic) bond motifs is 1. The number of nitrogens with zero attached hydrogens (tertiary/aromatic N) is 2. The number of rotatable bonds is 7. The van der Waals surface area contributed by atoms with Crippen molar-refractivity contribution in [3.63, 3.8) is 0 Å². The third-order valence-electron chi connectivity index (χ3n) is 5.02. The lowest BCUT2D eigenvalue weighted by Gasteiger charge is -2.35. The normalized spacial score (nSPS) is 33.8. The van der Waals surface area contributed by atoms with E-state index in [-0.39, 0.29) is 37.5 Å². The number of anilines is 1. The Hall–Kier alpha value is -1.82. The molecule has 174 valence electrons. The Morgan fingerprint density at radius 1 is 1.48 bits per heavy atom. The molecule has 0 amide bonds. The van der Waals surface area contributed by atoms with Gasteiger partial charge in [-0.25, -0.2) is 9.36 Å². The Bertz CT molecular complexity index is 919. The molecule has 13 heteroatoms. The van der Waals surface area contributed by atoms with Gasteiger partial charge in [0.05, 0.1) is 25.2 Å². The highest BCUT2D eigenvalue weighted by molar-refractivity contribution is 7.48. The Morgan fingerprint density at radius 2 is 2.19 bits per heavy atom. The Kier molecular flexibility index (Phi) is 6.90. The van der Waals surface area contributed by atoms with E-state index in [0.29, 0.717) is 0 Å². The van der Waals surface area contributed by atoms with Crippen LogP contribution in [0.3, 0.4) is 0 Å². The number of aromatic nitrogens is 2. The first-order chi connectivity index (χ1) is 14.4. The second-order valence-corrected chi connectivity index (χ2v) is 9.69. The number of hydrogen-bond acceptors (Lipinski definition) is 11. The summed E-state index contributed by atoms with van der Waals surface area (Å²) in [5.74, 6) is -0.834. The first-order valence-corrected chi connectivity index (χ1v) is 11.4. The van der Waals surface area contributed by atoms with E-state index in [2.05, 4.69) is 4.98 Å². The van der Waals surface area contributed by atoms with Crippen molar-refractivity contribution < 1.29 is 37.5 Å². The molecule has 1 aromatic heterocycles. The molecule has 6 atom stereocenters. The zero-order chi connectivity index (χ0) is 23.0. The van der Waals surface area contributed by atoms with Crippen LogP contribution >= 0.6 is 7.82 Å². The van der Waals surface area contributed by atoms with Crippen molar-refractivity contribution in [3.8, 4) is 0 Å². The summed E-state index contributed by atoms with van der Waals surface area (Å²) >= 11 is 0. The highest BCUT2D eigenvalue weighted by Crippen LogP contribution is 2.58. The number of phosphoric acid groups is 1. The highest BCUT2D eigenvalue weighted by Gasteiger charge is 2.60. The zero-order valence-electron chi connectivity index (χ0n) is 17.8. The third kappa shape index (κ3) is 5.16. The lowest BCUT2D eigenvalue weighted by molar-refractivity contribution is -0.152. The van der Waals surface area contributed by atoms with Crippen molar-refractivity contribution >= 4 is 19.6 Å². The van der Waals surface area contributed by atoms with E-state index in [1.165, 1.54) is 19.2 Å². The molecule has 0 spiro atoms. The van der Waals surface area contributed by atoms with Gasteiger partial charge in [0.25, 0.3) is 0 Å². The van der Waals surface area contributed by atoms with Crippen LogP contribution in [0, 0.1) is 5.92 Å². The number of carbonyl (C=O) groups excluding carboxylic acids is 1. The number of aliphatic hydroxyl groups is 1. The van der Waals surface area contributed by atoms with Gasteiger partial charge in [-0.15, -0.1) is 0 Å². The maximum Gasteiger partial charge on any atom is 0.475 e. The van der Waals surface area contributed by atoms with Crippen LogP contribution in [-0.4, -0.2) is 57.8 Å². The van der Waals surface area contributed by atoms with E-state index < -0.39 is 43.5 Å². The molecule has 2 aliphatic heterocycles. The zero-order valence-corrected chi connectivity index (χ0v) is 18.7. The fraction of sp³-hybridized carbons (Fsp3) is 0.722. The van der Waals surface area contributed by atoms with E-state index in [1.807, 2.05) is 0 Å². The molecule has 2 fully saturated rings. The maximum absolute atomic E-state index is 12.9. The van der Waals surface area contributed by atoms with Gasteiger partial charge < -0.3 is 20.3 Å². The minimum absolute atomic E-state index is 0.0281. The summed E-state index contributed by atoms with van der Waals surface area (Å²) in [5.41, 5.74) is 3.04. The lowest BCUT2D eigenvalue weighted by Crippen LogP contribution is -2.49. The van der Waals surface area contributed by atoms with Crippen LogP contribution < -0.4 is 11.4 Å². The van der Waals surface area contributed by atoms with Crippen LogP contribution in [-0.2, 0) is 32.4 Å². The van der Waals surface area contributed by atoms with E-state index >= 15 is 0 Å². The van der Waals surface area contributed by atoms with E-state index in [4.69, 9.17) is 28.8 Å². The van der Waals surface area contributed by atoms with Crippen molar-refractivity contribution in [2.45, 2.75) is 64.3 Å². The molecule has 31 heavy (non-hydrogen) atoms. The monoisotopic (exact) mass is 461 g/mol. The predicted octanol–water partition coefficient (Wildman–Crippen LogP) is 0.992. The summed E-state index contributed by atoms with van der Waals surface area (Å²) < 4.78 is 40.9. The molecule has 0 radical (unpaired) electrons. The number of carbonyl (C=O) groups is 1. The van der Waals surface area contributed by atoms with Gasteiger partial charge in [-0.05, 0) is 33.3 Å². The van der Waals surface area contributed by atoms with Crippen LogP contribution in [0.2, 0.25) is 0 Å². The first-order valence-electron chi connectivity index (χ1n) is 9.93. The molecule has 1 aromatic rings. The van der Waals surface area contributed by atoms with Crippen molar-refractivity contribution in [2.24, 2.45) is 5.92 Å². The largest absolute Gasteiger partial charge is 0.475 e. The Balaban J connectivity index is 1.64. The molecular formula is C18H28N3O9P. The minimum atomic E-state index is -4.03. The molecule has 0 aromatic carbocycles. The van der Waals surface area contributed by atoms with E-state index in [1.54, 1.807) is 20.8 Å². The summed E-state index contributed by atoms with van der Waals surface area (Å²) in [7, 11) is -4.03. The summed E-state index contributed by atoms with van der Waals surface area (Å²) in [6, 6.07) is 1.39. The first kappa shape index (κ1) is 23.8. The van der Waals surface area contributed by atoms with Crippen molar-refractivity contribution in [1.29, 1.82) is 0 Å². The fourth-order valence-corrected chi connectivity index (χ4v) is 4.84. The Labute approximate surface area is 179 Å². The van der Waals surface area contributed by atoms with E-state index in [9.17, 15) is 19.3 Å². The van der Waals surface area contributed by atoms with Crippen LogP contribution in [0.4, 0.5) is 5.82 Å². The second kappa shape index (κ2) is 8.97. The van der Waals surface area contributed by atoms with Crippen LogP contribution in [0.15, 0.2) is 17.1 Å². The number of nitrogens with two attached hydrogens (primary N) is 1. The van der Waals surface area contributed by atoms with Gasteiger partial charge in [-0.3, -0.25) is 22.9 Å². The number of phosphoric ester groups is 1. The number of hydrogen-bond donors (Lipinski definition) is 2. The predicted molar refractivity (Wildman–Crippen MR) is 107 cm³/mol. The lowest BCUT2D eigenvalue weighted by atomic mass is 9.96. The standard InChI is InChI=1S/C18H28N3O9P/c1-10(2)28-15(22)11(3)6-8-26-31(25)27-9-12-14(30-31)18(4,24)16(29-12)21-7-5-13(19)20-17(21)23/h5,7,10-12,14,16,24H,6,8-9H2,1-4H3,(H2,19,20,23)/t11?,12-,14-,16-,18-,31?/m1/s1. The fourth-order valence-electron chi connectivity index (χ4n) is 3.35. The average Bonchev–Trinajstić information content (AvgIpc) is 2.91. The number of nitrogen functional groups attached to an aromatic ring is 1. The SMILES string of the molecule is CC(C)OC(=O)C(C)CCOP1(=O)OC[C@H]2O[C@@H](n3ccc(N)nc3=O)[C@](C)(O)[C@@H]2O1. The molecule has 2 aliphatic rings. The van der Waals surface area contributed by atoms with Gasteiger partial charge in [-0.1, -0.05) is 6.92 Å². The van der Waals surface area contributed by atoms with Crippen LogP contribution in [0.1, 0.15) is 40.3 Å². The minimum Gasteiger partial charge on any atom is -0.463 e. The van der Waals surface area contributed by atoms with Crippen LogP contribution in [0.5, 0.6) is 0 Å². The van der Waals surface area contributed by atoms with Gasteiger partial charge >= 0.3 is 19.5 Å². The smallest absolute Gasteiger partial charge is 0.463 e. The Morgan fingerprint density at radius 3 is 2.84 bits per heavy atom. The number of ether oxygens (including phenoxy) is 2. The van der Waals surface area contributed by atoms with Gasteiger partial charge in [-0.2, -0.15) is 4.98 Å². The molecule has 12 nitrogen and oxygen atoms in total. The summed E-state index contributed by atoms with van der Waals surface area (Å²) in [4.78, 5) is 27.7. The average molecular weight is 461 g/mol. The van der Waals surface area contributed by atoms with Crippen molar-refractivity contribution in [1.82, 2.24) is 9.55 Å². The summed E-state index contributed by atoms with van der Waals surface area (Å²) in [5, 5.41) is 11.0. The quantitative estimate of drug-likeness (QED) is 0.440. The molecule has 0 aliphatic carbocycles. The molecule has 0 saturated carbocycles. The molecule has 3 N–H and O–H groups in total. The van der Waals surface area contributed by atoms with Gasteiger partial charge in [0.1, 0.15) is 23.6 Å². The molecule has 3 heterocycles. The third-order valence-corrected chi connectivity index (χ3v) is 6.47. The van der Waals surface area contributed by atoms with Crippen molar-refractivity contribution in [2.75, 3.05) is 18.9 Å². The van der Waals surface area contributed by atoms with Gasteiger partial charge in [0, 0.05) is 6.20 Å². The molecular weight excluding hydrogens is 433 g/mol. The number of esters is 1. The highest BCUT2D eigenvalue weighted by atomic mass is 31.2. The van der Waals surface area contributed by atoms with E-state index in [0.717, 1.165) is 4.57 Å². The van der Waals surface area contributed by atoms with Crippen molar-refractivity contribution in [3.05, 3.63) is 22.7 Å².